The normalized spacial score (nSPS) is 14.6. The van der Waals surface area contributed by atoms with E-state index in [1.807, 2.05) is 13.8 Å². The number of esters is 1. The highest BCUT2D eigenvalue weighted by molar-refractivity contribution is 7.92. The predicted octanol–water partition coefficient (Wildman–Crippen LogP) is 3.48. The number of amides is 1. The second kappa shape index (κ2) is 9.09. The van der Waals surface area contributed by atoms with Crippen LogP contribution in [-0.2, 0) is 19.6 Å². The van der Waals surface area contributed by atoms with E-state index in [0.717, 1.165) is 18.4 Å². The number of nitrogens with one attached hydrogen (secondary N) is 2. The molecule has 0 heterocycles. The van der Waals surface area contributed by atoms with E-state index in [1.165, 1.54) is 12.1 Å². The summed E-state index contributed by atoms with van der Waals surface area (Å²) in [6.45, 7) is 6.87. The maximum absolute atomic E-state index is 13.1. The van der Waals surface area contributed by atoms with Crippen LogP contribution in [0.25, 0.3) is 0 Å². The third-order valence-corrected chi connectivity index (χ3v) is 6.99. The molecule has 1 atom stereocenters. The first-order chi connectivity index (χ1) is 14.6. The number of hydrogen-bond donors (Lipinski definition) is 2. The lowest BCUT2D eigenvalue weighted by Gasteiger charge is -2.16. The molecular formula is C23H28N2O5S. The molecule has 0 radical (unpaired) electrons. The Bertz CT molecular complexity index is 1080. The minimum Gasteiger partial charge on any atom is -0.452 e. The van der Waals surface area contributed by atoms with Crippen molar-refractivity contribution in [3.8, 4) is 0 Å². The van der Waals surface area contributed by atoms with Crippen LogP contribution >= 0.6 is 0 Å². The zero-order valence-electron chi connectivity index (χ0n) is 18.2. The van der Waals surface area contributed by atoms with Gasteiger partial charge in [-0.25, -0.2) is 13.2 Å². The van der Waals surface area contributed by atoms with Crippen LogP contribution in [0.3, 0.4) is 0 Å². The number of para-hydroxylation sites is 1. The Morgan fingerprint density at radius 2 is 1.71 bits per heavy atom. The lowest BCUT2D eigenvalue weighted by Crippen LogP contribution is -2.37. The van der Waals surface area contributed by atoms with Crippen molar-refractivity contribution in [2.45, 2.75) is 51.5 Å². The maximum atomic E-state index is 13.1. The Balaban J connectivity index is 1.74. The largest absolute Gasteiger partial charge is 0.452 e. The molecule has 3 rings (SSSR count). The number of hydrogen-bond acceptors (Lipinski definition) is 5. The summed E-state index contributed by atoms with van der Waals surface area (Å²) in [6.07, 6.45) is 2.18. The zero-order chi connectivity index (χ0) is 22.8. The van der Waals surface area contributed by atoms with Crippen molar-refractivity contribution in [3.05, 3.63) is 58.7 Å². The number of aryl methyl sites for hydroxylation is 3. The second-order valence-electron chi connectivity index (χ2n) is 8.15. The van der Waals surface area contributed by atoms with Gasteiger partial charge in [0.05, 0.1) is 16.1 Å². The van der Waals surface area contributed by atoms with Crippen molar-refractivity contribution in [2.24, 2.45) is 5.92 Å². The minimum absolute atomic E-state index is 0.0385. The van der Waals surface area contributed by atoms with Gasteiger partial charge in [0.2, 0.25) is 0 Å². The van der Waals surface area contributed by atoms with Gasteiger partial charge < -0.3 is 10.1 Å². The number of anilines is 1. The fourth-order valence-electron chi connectivity index (χ4n) is 3.76. The summed E-state index contributed by atoms with van der Waals surface area (Å²) in [7, 11) is -3.93. The number of rotatable bonds is 8. The van der Waals surface area contributed by atoms with Crippen molar-refractivity contribution in [3.63, 3.8) is 0 Å². The highest BCUT2D eigenvalue weighted by Gasteiger charge is 2.29. The van der Waals surface area contributed by atoms with Crippen molar-refractivity contribution in [1.29, 1.82) is 0 Å². The Kier molecular flexibility index (Phi) is 6.69. The summed E-state index contributed by atoms with van der Waals surface area (Å²) in [6, 6.07) is 9.80. The van der Waals surface area contributed by atoms with Gasteiger partial charge in [0, 0.05) is 6.04 Å². The first kappa shape index (κ1) is 22.8. The number of sulfonamides is 1. The van der Waals surface area contributed by atoms with Crippen LogP contribution < -0.4 is 10.0 Å². The summed E-state index contributed by atoms with van der Waals surface area (Å²) >= 11 is 0. The second-order valence-corrected chi connectivity index (χ2v) is 9.77. The highest BCUT2D eigenvalue weighted by atomic mass is 32.2. The molecule has 0 spiro atoms. The molecule has 2 aromatic carbocycles. The lowest BCUT2D eigenvalue weighted by atomic mass is 10.1. The highest BCUT2D eigenvalue weighted by Crippen LogP contribution is 2.32. The molecule has 2 N–H and O–H groups in total. The van der Waals surface area contributed by atoms with E-state index in [-0.39, 0.29) is 28.1 Å². The minimum atomic E-state index is -3.93. The standard InChI is InChI=1S/C23H28N2O5S/c1-14-11-15(2)22(16(3)12-14)31(28,29)25-20-8-6-5-7-19(20)23(27)30-13-21(26)24-17(4)18-9-10-18/h5-8,11-12,17-18,25H,9-10,13H2,1-4H3,(H,24,26). The molecule has 166 valence electrons. The van der Waals surface area contributed by atoms with Gasteiger partial charge in [0.25, 0.3) is 15.9 Å². The van der Waals surface area contributed by atoms with Crippen LogP contribution in [0, 0.1) is 26.7 Å². The van der Waals surface area contributed by atoms with Crippen LogP contribution in [0.2, 0.25) is 0 Å². The molecule has 0 aliphatic heterocycles. The number of carbonyl (C=O) groups excluding carboxylic acids is 2. The van der Waals surface area contributed by atoms with Crippen molar-refractivity contribution >= 4 is 27.6 Å². The Morgan fingerprint density at radius 1 is 1.10 bits per heavy atom. The Hall–Kier alpha value is -2.87. The van der Waals surface area contributed by atoms with Crippen molar-refractivity contribution < 1.29 is 22.7 Å². The van der Waals surface area contributed by atoms with Gasteiger partial charge in [0.15, 0.2) is 6.61 Å². The SMILES string of the molecule is Cc1cc(C)c(S(=O)(=O)Nc2ccccc2C(=O)OCC(=O)NC(C)C2CC2)c(C)c1. The number of carbonyl (C=O) groups is 2. The fourth-order valence-corrected chi connectivity index (χ4v) is 5.29. The van der Waals surface area contributed by atoms with Gasteiger partial charge in [-0.3, -0.25) is 9.52 Å². The summed E-state index contributed by atoms with van der Waals surface area (Å²) in [5.74, 6) is -0.662. The summed E-state index contributed by atoms with van der Waals surface area (Å²) in [4.78, 5) is 24.8. The van der Waals surface area contributed by atoms with Crippen molar-refractivity contribution in [2.75, 3.05) is 11.3 Å². The molecule has 1 fully saturated rings. The maximum Gasteiger partial charge on any atom is 0.340 e. The average molecular weight is 445 g/mol. The molecule has 0 bridgehead atoms. The molecule has 1 aliphatic rings. The Morgan fingerprint density at radius 3 is 2.32 bits per heavy atom. The smallest absolute Gasteiger partial charge is 0.340 e. The monoisotopic (exact) mass is 444 g/mol. The van der Waals surface area contributed by atoms with Gasteiger partial charge in [-0.15, -0.1) is 0 Å². The molecule has 1 aliphatic carbocycles. The van der Waals surface area contributed by atoms with Gasteiger partial charge in [0.1, 0.15) is 0 Å². The quantitative estimate of drug-likeness (QED) is 0.607. The zero-order valence-corrected chi connectivity index (χ0v) is 19.0. The molecule has 8 heteroatoms. The third-order valence-electron chi connectivity index (χ3n) is 5.32. The molecule has 2 aromatic rings. The molecule has 31 heavy (non-hydrogen) atoms. The summed E-state index contributed by atoms with van der Waals surface area (Å²) in [5, 5.41) is 2.81. The van der Waals surface area contributed by atoms with Gasteiger partial charge in [-0.2, -0.15) is 0 Å². The first-order valence-corrected chi connectivity index (χ1v) is 11.7. The molecular weight excluding hydrogens is 416 g/mol. The number of benzene rings is 2. The summed E-state index contributed by atoms with van der Waals surface area (Å²) < 4.78 is 33.7. The van der Waals surface area contributed by atoms with Crippen LogP contribution in [0.4, 0.5) is 5.69 Å². The lowest BCUT2D eigenvalue weighted by molar-refractivity contribution is -0.124. The van der Waals surface area contributed by atoms with E-state index in [0.29, 0.717) is 17.0 Å². The molecule has 7 nitrogen and oxygen atoms in total. The fraction of sp³-hybridized carbons (Fsp3) is 0.391. The molecule has 0 aromatic heterocycles. The molecule has 1 saturated carbocycles. The Labute approximate surface area is 183 Å². The van der Waals surface area contributed by atoms with Gasteiger partial charge in [-0.1, -0.05) is 29.8 Å². The predicted molar refractivity (Wildman–Crippen MR) is 119 cm³/mol. The molecule has 1 amide bonds. The van der Waals surface area contributed by atoms with Crippen LogP contribution in [0.1, 0.15) is 46.8 Å². The number of ether oxygens (including phenoxy) is 1. The van der Waals surface area contributed by atoms with E-state index in [4.69, 9.17) is 4.74 Å². The van der Waals surface area contributed by atoms with E-state index < -0.39 is 22.6 Å². The molecule has 1 unspecified atom stereocenters. The van der Waals surface area contributed by atoms with E-state index in [2.05, 4.69) is 10.0 Å². The molecule has 0 saturated heterocycles. The van der Waals surface area contributed by atoms with Gasteiger partial charge >= 0.3 is 5.97 Å². The van der Waals surface area contributed by atoms with Crippen LogP contribution in [0.15, 0.2) is 41.3 Å². The third kappa shape index (κ3) is 5.64. The van der Waals surface area contributed by atoms with Gasteiger partial charge in [-0.05, 0) is 69.7 Å². The van der Waals surface area contributed by atoms with E-state index >= 15 is 0 Å². The topological polar surface area (TPSA) is 102 Å². The van der Waals surface area contributed by atoms with Crippen LogP contribution in [0.5, 0.6) is 0 Å². The van der Waals surface area contributed by atoms with E-state index in [1.54, 1.807) is 38.1 Å². The summed E-state index contributed by atoms with van der Waals surface area (Å²) in [5.41, 5.74) is 2.33. The average Bonchev–Trinajstić information content (AvgIpc) is 3.50. The van der Waals surface area contributed by atoms with Crippen LogP contribution in [-0.4, -0.2) is 32.9 Å². The van der Waals surface area contributed by atoms with Crippen molar-refractivity contribution in [1.82, 2.24) is 5.32 Å². The van der Waals surface area contributed by atoms with E-state index in [9.17, 15) is 18.0 Å². The first-order valence-electron chi connectivity index (χ1n) is 10.2.